The molecule has 6 nitrogen and oxygen atoms in total. The van der Waals surface area contributed by atoms with Crippen LogP contribution in [-0.4, -0.2) is 27.6 Å². The zero-order valence-corrected chi connectivity index (χ0v) is 18.3. The highest BCUT2D eigenvalue weighted by atomic mass is 19.1. The molecule has 0 saturated carbocycles. The van der Waals surface area contributed by atoms with E-state index in [2.05, 4.69) is 22.1 Å². The maximum atomic E-state index is 13.8. The highest BCUT2D eigenvalue weighted by Gasteiger charge is 2.29. The molecule has 0 unspecified atom stereocenters. The third kappa shape index (κ3) is 4.53. The van der Waals surface area contributed by atoms with Gasteiger partial charge in [-0.2, -0.15) is 0 Å². The van der Waals surface area contributed by atoms with Gasteiger partial charge >= 0.3 is 5.97 Å². The molecule has 2 aromatic carbocycles. The predicted octanol–water partition coefficient (Wildman–Crippen LogP) is 5.11. The van der Waals surface area contributed by atoms with Gasteiger partial charge in [-0.1, -0.05) is 18.2 Å². The third-order valence-electron chi connectivity index (χ3n) is 6.52. The predicted molar refractivity (Wildman–Crippen MR) is 122 cm³/mol. The molecule has 1 saturated heterocycles. The summed E-state index contributed by atoms with van der Waals surface area (Å²) in [5, 5.41) is 9.65. The maximum Gasteiger partial charge on any atom is 0.339 e. The standard InChI is InChI=1S/C26H26FN3O3/c27-20-8-3-7-19(13-20)24-9-4-12-30(24)26-28-15-22(25(31)32)23(29-26)16-33-21-11-10-17-5-1-2-6-18(17)14-21/h3,7-8,10-11,13-15,24H,1-2,4-6,9,12,16H2,(H,31,32)/t24-/m0/s1. The summed E-state index contributed by atoms with van der Waals surface area (Å²) in [5.74, 6) is -0.212. The Morgan fingerprint density at radius 3 is 2.79 bits per heavy atom. The van der Waals surface area contributed by atoms with Crippen molar-refractivity contribution < 1.29 is 19.0 Å². The molecule has 2 aliphatic rings. The second-order valence-corrected chi connectivity index (χ2v) is 8.67. The van der Waals surface area contributed by atoms with Crippen LogP contribution in [0.1, 0.15) is 64.5 Å². The van der Waals surface area contributed by atoms with Gasteiger partial charge in [0.15, 0.2) is 0 Å². The van der Waals surface area contributed by atoms with Gasteiger partial charge < -0.3 is 14.7 Å². The van der Waals surface area contributed by atoms with Crippen LogP contribution in [0.3, 0.4) is 0 Å². The van der Waals surface area contributed by atoms with Crippen molar-refractivity contribution in [1.29, 1.82) is 0 Å². The topological polar surface area (TPSA) is 75.5 Å². The van der Waals surface area contributed by atoms with Gasteiger partial charge in [-0.25, -0.2) is 19.2 Å². The number of nitrogens with zero attached hydrogens (tertiary/aromatic N) is 3. The van der Waals surface area contributed by atoms with Crippen LogP contribution in [0.15, 0.2) is 48.7 Å². The highest BCUT2D eigenvalue weighted by Crippen LogP contribution is 2.35. The fourth-order valence-corrected chi connectivity index (χ4v) is 4.85. The summed E-state index contributed by atoms with van der Waals surface area (Å²) in [6.45, 7) is 0.757. The Morgan fingerprint density at radius 2 is 1.97 bits per heavy atom. The molecule has 33 heavy (non-hydrogen) atoms. The molecular weight excluding hydrogens is 421 g/mol. The Hall–Kier alpha value is -3.48. The minimum Gasteiger partial charge on any atom is -0.487 e. The summed E-state index contributed by atoms with van der Waals surface area (Å²) in [6.07, 6.45) is 7.65. The zero-order valence-electron chi connectivity index (χ0n) is 18.3. The van der Waals surface area contributed by atoms with Crippen LogP contribution >= 0.6 is 0 Å². The molecule has 1 aliphatic heterocycles. The van der Waals surface area contributed by atoms with E-state index in [4.69, 9.17) is 4.74 Å². The number of aryl methyl sites for hydroxylation is 2. The van der Waals surface area contributed by atoms with Crippen molar-refractivity contribution in [3.05, 3.63) is 82.4 Å². The van der Waals surface area contributed by atoms with Crippen LogP contribution < -0.4 is 9.64 Å². The molecule has 0 bridgehead atoms. The highest BCUT2D eigenvalue weighted by molar-refractivity contribution is 5.88. The number of aromatic carboxylic acids is 1. The smallest absolute Gasteiger partial charge is 0.339 e. The van der Waals surface area contributed by atoms with Crippen molar-refractivity contribution >= 4 is 11.9 Å². The summed E-state index contributed by atoms with van der Waals surface area (Å²) >= 11 is 0. The lowest BCUT2D eigenvalue weighted by molar-refractivity contribution is 0.0692. The van der Waals surface area contributed by atoms with E-state index in [1.807, 2.05) is 17.0 Å². The zero-order chi connectivity index (χ0) is 22.8. The van der Waals surface area contributed by atoms with Crippen molar-refractivity contribution in [3.8, 4) is 5.75 Å². The molecule has 1 aromatic heterocycles. The van der Waals surface area contributed by atoms with Crippen molar-refractivity contribution in [2.24, 2.45) is 0 Å². The van der Waals surface area contributed by atoms with E-state index in [9.17, 15) is 14.3 Å². The van der Waals surface area contributed by atoms with E-state index in [-0.39, 0.29) is 24.0 Å². The Bertz CT molecular complexity index is 1180. The summed E-state index contributed by atoms with van der Waals surface area (Å²) in [4.78, 5) is 22.7. The average Bonchev–Trinajstić information content (AvgIpc) is 3.32. The van der Waals surface area contributed by atoms with Crippen LogP contribution in [0.5, 0.6) is 5.75 Å². The number of hydrogen-bond acceptors (Lipinski definition) is 5. The van der Waals surface area contributed by atoms with E-state index in [0.29, 0.717) is 17.4 Å². The Balaban J connectivity index is 1.40. The minimum atomic E-state index is -1.09. The molecule has 1 N–H and O–H groups in total. The molecule has 2 heterocycles. The molecule has 1 aliphatic carbocycles. The summed E-state index contributed by atoms with van der Waals surface area (Å²) in [5.41, 5.74) is 3.88. The van der Waals surface area contributed by atoms with Gasteiger partial charge in [0.2, 0.25) is 5.95 Å². The first-order valence-corrected chi connectivity index (χ1v) is 11.4. The summed E-state index contributed by atoms with van der Waals surface area (Å²) in [6, 6.07) is 12.6. The Labute approximate surface area is 192 Å². The number of aromatic nitrogens is 2. The largest absolute Gasteiger partial charge is 0.487 e. The quantitative estimate of drug-likeness (QED) is 0.566. The first kappa shape index (κ1) is 21.4. The first-order chi connectivity index (χ1) is 16.1. The van der Waals surface area contributed by atoms with Gasteiger partial charge in [0.25, 0.3) is 0 Å². The number of ether oxygens (including phenoxy) is 1. The van der Waals surface area contributed by atoms with Gasteiger partial charge in [-0.05, 0) is 79.5 Å². The molecule has 1 fully saturated rings. The molecule has 0 amide bonds. The monoisotopic (exact) mass is 447 g/mol. The lowest BCUT2D eigenvalue weighted by Crippen LogP contribution is -2.26. The lowest BCUT2D eigenvalue weighted by atomic mass is 9.92. The molecule has 0 radical (unpaired) electrons. The number of benzene rings is 2. The van der Waals surface area contributed by atoms with Crippen molar-refractivity contribution in [3.63, 3.8) is 0 Å². The van der Waals surface area contributed by atoms with Gasteiger partial charge in [0.1, 0.15) is 23.7 Å². The Kier molecular flexibility index (Phi) is 5.94. The summed E-state index contributed by atoms with van der Waals surface area (Å²) < 4.78 is 19.8. The van der Waals surface area contributed by atoms with Gasteiger partial charge in [-0.15, -0.1) is 0 Å². The third-order valence-corrected chi connectivity index (χ3v) is 6.52. The van der Waals surface area contributed by atoms with Crippen molar-refractivity contribution in [1.82, 2.24) is 9.97 Å². The molecule has 0 spiro atoms. The minimum absolute atomic E-state index is 0.0261. The number of anilines is 1. The van der Waals surface area contributed by atoms with Crippen LogP contribution in [0, 0.1) is 5.82 Å². The molecule has 3 aromatic rings. The number of fused-ring (bicyclic) bond motifs is 1. The fraction of sp³-hybridized carbons (Fsp3) is 0.346. The second kappa shape index (κ2) is 9.17. The van der Waals surface area contributed by atoms with Crippen LogP contribution in [0.4, 0.5) is 10.3 Å². The fourth-order valence-electron chi connectivity index (χ4n) is 4.85. The number of carboxylic acid groups (broad SMARTS) is 1. The van der Waals surface area contributed by atoms with E-state index >= 15 is 0 Å². The lowest BCUT2D eigenvalue weighted by Gasteiger charge is -2.25. The molecule has 1 atom stereocenters. The number of carbonyl (C=O) groups is 1. The van der Waals surface area contributed by atoms with Crippen LogP contribution in [0.2, 0.25) is 0 Å². The van der Waals surface area contributed by atoms with Gasteiger partial charge in [0, 0.05) is 12.7 Å². The second-order valence-electron chi connectivity index (χ2n) is 8.67. The summed E-state index contributed by atoms with van der Waals surface area (Å²) in [7, 11) is 0. The molecular formula is C26H26FN3O3. The van der Waals surface area contributed by atoms with E-state index in [0.717, 1.165) is 37.8 Å². The van der Waals surface area contributed by atoms with Crippen molar-refractivity contribution in [2.45, 2.75) is 51.2 Å². The average molecular weight is 448 g/mol. The number of rotatable bonds is 6. The molecule has 170 valence electrons. The maximum absolute atomic E-state index is 13.8. The van der Waals surface area contributed by atoms with E-state index in [1.165, 1.54) is 42.3 Å². The van der Waals surface area contributed by atoms with Crippen LogP contribution in [0.25, 0.3) is 0 Å². The number of carboxylic acids is 1. The molecule has 5 rings (SSSR count). The normalized spacial score (nSPS) is 17.6. The van der Waals surface area contributed by atoms with E-state index < -0.39 is 5.97 Å². The molecule has 7 heteroatoms. The number of hydrogen-bond donors (Lipinski definition) is 1. The van der Waals surface area contributed by atoms with Gasteiger partial charge in [-0.3, -0.25) is 0 Å². The van der Waals surface area contributed by atoms with Crippen molar-refractivity contribution in [2.75, 3.05) is 11.4 Å². The SMILES string of the molecule is O=C(O)c1cnc(N2CCC[C@H]2c2cccc(F)c2)nc1COc1ccc2c(c1)CCCC2. The van der Waals surface area contributed by atoms with Gasteiger partial charge in [0.05, 0.1) is 11.7 Å². The van der Waals surface area contributed by atoms with E-state index in [1.54, 1.807) is 6.07 Å². The Morgan fingerprint density at radius 1 is 1.12 bits per heavy atom. The number of halogens is 1. The van der Waals surface area contributed by atoms with Crippen LogP contribution in [-0.2, 0) is 19.4 Å². The first-order valence-electron chi connectivity index (χ1n) is 11.4.